The summed E-state index contributed by atoms with van der Waals surface area (Å²) >= 11 is -1.36. The van der Waals surface area contributed by atoms with Gasteiger partial charge in [0, 0.05) is 0 Å². The van der Waals surface area contributed by atoms with E-state index in [2.05, 4.69) is 4.40 Å². The van der Waals surface area contributed by atoms with E-state index >= 15 is 0 Å². The van der Waals surface area contributed by atoms with E-state index in [4.69, 9.17) is 5.26 Å². The first kappa shape index (κ1) is 13.7. The monoisotopic (exact) mass is 252 g/mol. The highest BCUT2D eigenvalue weighted by Gasteiger charge is 2.25. The molecule has 0 N–H and O–H groups in total. The molecule has 0 aromatic heterocycles. The maximum atomic E-state index is 13.0. The molecule has 1 unspecified atom stereocenters. The highest BCUT2D eigenvalue weighted by molar-refractivity contribution is 7.91. The van der Waals surface area contributed by atoms with Gasteiger partial charge in [0.1, 0.15) is 28.0 Å². The Kier molecular flexibility index (Phi) is 4.27. The molecule has 5 heteroatoms. The Bertz CT molecular complexity index is 474. The van der Waals surface area contributed by atoms with E-state index < -0.39 is 21.9 Å². The maximum absolute atomic E-state index is 13.0. The third-order valence-corrected chi connectivity index (χ3v) is 3.28. The predicted octanol–water partition coefficient (Wildman–Crippen LogP) is 2.58. The molecule has 0 aliphatic rings. The van der Waals surface area contributed by atoms with Crippen LogP contribution in [-0.2, 0) is 11.4 Å². The van der Waals surface area contributed by atoms with Gasteiger partial charge in [0.25, 0.3) is 0 Å². The topological polar surface area (TPSA) is 59.2 Å². The molecule has 90 valence electrons. The number of hydrogen-bond acceptors (Lipinski definition) is 3. The third kappa shape index (κ3) is 3.84. The second kappa shape index (κ2) is 5.30. The normalized spacial score (nSPS) is 13.6. The minimum atomic E-state index is -1.36. The second-order valence-corrected chi connectivity index (χ2v) is 6.38. The molecule has 17 heavy (non-hydrogen) atoms. The molecule has 0 aliphatic carbocycles. The molecule has 1 aromatic rings. The summed E-state index contributed by atoms with van der Waals surface area (Å²) in [5.41, 5.74) is 0.510. The minimum Gasteiger partial charge on any atom is -0.591 e. The molecule has 0 heterocycles. The molecular weight excluding hydrogens is 239 g/mol. The molecule has 1 rings (SSSR count). The highest BCUT2D eigenvalue weighted by atomic mass is 32.2. The zero-order valence-corrected chi connectivity index (χ0v) is 10.7. The SMILES string of the molecule is CC(C)(C)[S+]([O-])/N=C/c1ccc(F)c(C#N)c1. The quantitative estimate of drug-likeness (QED) is 0.600. The maximum Gasteiger partial charge on any atom is 0.144 e. The summed E-state index contributed by atoms with van der Waals surface area (Å²) in [4.78, 5) is 0. The third-order valence-electron chi connectivity index (χ3n) is 1.93. The van der Waals surface area contributed by atoms with Crippen molar-refractivity contribution in [2.45, 2.75) is 25.5 Å². The van der Waals surface area contributed by atoms with E-state index in [1.807, 2.05) is 20.8 Å². The number of benzene rings is 1. The van der Waals surface area contributed by atoms with Crippen molar-refractivity contribution in [1.82, 2.24) is 0 Å². The van der Waals surface area contributed by atoms with Crippen LogP contribution in [0.25, 0.3) is 0 Å². The Morgan fingerprint density at radius 1 is 1.47 bits per heavy atom. The van der Waals surface area contributed by atoms with Crippen LogP contribution >= 0.6 is 0 Å². The molecule has 0 fully saturated rings. The van der Waals surface area contributed by atoms with Crippen LogP contribution in [0, 0.1) is 17.1 Å². The Morgan fingerprint density at radius 3 is 2.65 bits per heavy atom. The summed E-state index contributed by atoms with van der Waals surface area (Å²) < 4.78 is 28.1. The van der Waals surface area contributed by atoms with E-state index in [1.54, 1.807) is 6.07 Å². The molecule has 0 bridgehead atoms. The van der Waals surface area contributed by atoms with Crippen LogP contribution in [0.15, 0.2) is 22.6 Å². The summed E-state index contributed by atoms with van der Waals surface area (Å²) in [5, 5.41) is 8.66. The lowest BCUT2D eigenvalue weighted by Crippen LogP contribution is -2.25. The van der Waals surface area contributed by atoms with E-state index in [0.29, 0.717) is 5.56 Å². The molecule has 0 saturated heterocycles. The standard InChI is InChI=1S/C12H13FN2OS/c1-12(2,3)17(16)15-8-9-4-5-11(13)10(6-9)7-14/h4-6,8H,1-3H3/b15-8+. The largest absolute Gasteiger partial charge is 0.591 e. The van der Waals surface area contributed by atoms with Gasteiger partial charge in [-0.25, -0.2) is 4.39 Å². The fourth-order valence-corrected chi connectivity index (χ4v) is 1.51. The van der Waals surface area contributed by atoms with E-state index in [0.717, 1.165) is 0 Å². The second-order valence-electron chi connectivity index (χ2n) is 4.45. The first-order valence-electron chi connectivity index (χ1n) is 5.00. The fourth-order valence-electron chi connectivity index (χ4n) is 0.976. The molecule has 1 aromatic carbocycles. The summed E-state index contributed by atoms with van der Waals surface area (Å²) in [7, 11) is 0. The van der Waals surface area contributed by atoms with Crippen molar-refractivity contribution in [3.05, 3.63) is 35.1 Å². The average molecular weight is 252 g/mol. The Hall–Kier alpha value is -1.38. The molecule has 0 aliphatic heterocycles. The van der Waals surface area contributed by atoms with Gasteiger partial charge in [0.15, 0.2) is 0 Å². The Morgan fingerprint density at radius 2 is 2.12 bits per heavy atom. The summed E-state index contributed by atoms with van der Waals surface area (Å²) in [5.74, 6) is -0.568. The first-order chi connectivity index (χ1) is 7.84. The molecule has 0 spiro atoms. The van der Waals surface area contributed by atoms with Crippen molar-refractivity contribution in [2.24, 2.45) is 4.40 Å². The van der Waals surface area contributed by atoms with Crippen molar-refractivity contribution in [1.29, 1.82) is 5.26 Å². The summed E-state index contributed by atoms with van der Waals surface area (Å²) in [6.45, 7) is 5.43. The van der Waals surface area contributed by atoms with Gasteiger partial charge in [0.2, 0.25) is 0 Å². The van der Waals surface area contributed by atoms with Crippen molar-refractivity contribution in [2.75, 3.05) is 0 Å². The molecular formula is C12H13FN2OS. The molecule has 0 amide bonds. The van der Waals surface area contributed by atoms with Gasteiger partial charge in [0.05, 0.1) is 11.8 Å². The average Bonchev–Trinajstić information content (AvgIpc) is 2.26. The van der Waals surface area contributed by atoms with Gasteiger partial charge in [-0.05, 0) is 38.5 Å². The zero-order valence-electron chi connectivity index (χ0n) is 9.90. The van der Waals surface area contributed by atoms with Gasteiger partial charge in [-0.1, -0.05) is 10.5 Å². The van der Waals surface area contributed by atoms with Crippen molar-refractivity contribution >= 4 is 17.6 Å². The van der Waals surface area contributed by atoms with E-state index in [9.17, 15) is 8.94 Å². The fraction of sp³-hybridized carbons (Fsp3) is 0.333. The van der Waals surface area contributed by atoms with Crippen molar-refractivity contribution in [3.63, 3.8) is 0 Å². The van der Waals surface area contributed by atoms with Crippen molar-refractivity contribution in [3.8, 4) is 6.07 Å². The molecule has 0 radical (unpaired) electrons. The predicted molar refractivity (Wildman–Crippen MR) is 66.6 cm³/mol. The van der Waals surface area contributed by atoms with Crippen molar-refractivity contribution < 1.29 is 8.94 Å². The van der Waals surface area contributed by atoms with Gasteiger partial charge in [-0.2, -0.15) is 5.26 Å². The lowest BCUT2D eigenvalue weighted by atomic mass is 10.1. The molecule has 0 saturated carbocycles. The van der Waals surface area contributed by atoms with Crippen LogP contribution < -0.4 is 0 Å². The number of nitriles is 1. The van der Waals surface area contributed by atoms with Gasteiger partial charge in [-0.3, -0.25) is 0 Å². The van der Waals surface area contributed by atoms with Gasteiger partial charge < -0.3 is 4.55 Å². The smallest absolute Gasteiger partial charge is 0.144 e. The number of hydrogen-bond donors (Lipinski definition) is 0. The first-order valence-corrected chi connectivity index (χ1v) is 6.11. The summed E-state index contributed by atoms with van der Waals surface area (Å²) in [6.07, 6.45) is 1.39. The Labute approximate surface area is 103 Å². The van der Waals surface area contributed by atoms with Crippen LogP contribution in [0.4, 0.5) is 4.39 Å². The van der Waals surface area contributed by atoms with Crippen LogP contribution in [0.1, 0.15) is 31.9 Å². The van der Waals surface area contributed by atoms with Crippen LogP contribution in [0.5, 0.6) is 0 Å². The lowest BCUT2D eigenvalue weighted by molar-refractivity contribution is 0.562. The number of halogens is 1. The van der Waals surface area contributed by atoms with E-state index in [1.165, 1.54) is 24.4 Å². The lowest BCUT2D eigenvalue weighted by Gasteiger charge is -2.17. The van der Waals surface area contributed by atoms with Gasteiger partial charge in [-0.15, -0.1) is 0 Å². The van der Waals surface area contributed by atoms with Crippen LogP contribution in [0.2, 0.25) is 0 Å². The molecule has 3 nitrogen and oxygen atoms in total. The van der Waals surface area contributed by atoms with E-state index in [-0.39, 0.29) is 5.56 Å². The van der Waals surface area contributed by atoms with Crippen LogP contribution in [-0.4, -0.2) is 15.5 Å². The highest BCUT2D eigenvalue weighted by Crippen LogP contribution is 2.17. The Balaban J connectivity index is 2.90. The van der Waals surface area contributed by atoms with Crippen LogP contribution in [0.3, 0.4) is 0 Å². The van der Waals surface area contributed by atoms with Gasteiger partial charge >= 0.3 is 0 Å². The minimum absolute atomic E-state index is 0.0458. The number of nitrogens with zero attached hydrogens (tertiary/aromatic N) is 2. The number of rotatable bonds is 2. The zero-order chi connectivity index (χ0) is 13.1. The molecule has 1 atom stereocenters. The summed E-state index contributed by atoms with van der Waals surface area (Å²) in [6, 6.07) is 5.79.